The van der Waals surface area contributed by atoms with Gasteiger partial charge in [-0.2, -0.15) is 0 Å². The molecule has 3 rings (SSSR count). The first kappa shape index (κ1) is 26.5. The number of carbonyl (C=O) groups is 2. The van der Waals surface area contributed by atoms with Gasteiger partial charge < -0.3 is 19.7 Å². The lowest BCUT2D eigenvalue weighted by molar-refractivity contribution is -0.116. The Kier molecular flexibility index (Phi) is 9.77. The van der Waals surface area contributed by atoms with Crippen molar-refractivity contribution in [1.82, 2.24) is 9.80 Å². The molecule has 7 heteroatoms. The molecule has 2 amide bonds. The summed E-state index contributed by atoms with van der Waals surface area (Å²) in [6.45, 7) is 9.38. The van der Waals surface area contributed by atoms with Crippen LogP contribution in [-0.4, -0.2) is 74.2 Å². The van der Waals surface area contributed by atoms with Crippen molar-refractivity contribution in [3.05, 3.63) is 23.8 Å². The molecule has 0 bridgehead atoms. The van der Waals surface area contributed by atoms with Crippen LogP contribution in [0.25, 0.3) is 0 Å². The van der Waals surface area contributed by atoms with Crippen LogP contribution in [0, 0.1) is 11.8 Å². The number of nitrogens with zero attached hydrogens (tertiary/aromatic N) is 2. The van der Waals surface area contributed by atoms with Gasteiger partial charge in [0, 0.05) is 51.9 Å². The number of benzene rings is 1. The van der Waals surface area contributed by atoms with E-state index in [2.05, 4.69) is 24.1 Å². The minimum Gasteiger partial charge on any atom is -0.491 e. The van der Waals surface area contributed by atoms with Crippen molar-refractivity contribution in [1.29, 1.82) is 0 Å². The van der Waals surface area contributed by atoms with Gasteiger partial charge in [-0.15, -0.1) is 0 Å². The van der Waals surface area contributed by atoms with Crippen LogP contribution in [0.15, 0.2) is 18.2 Å². The van der Waals surface area contributed by atoms with Crippen molar-refractivity contribution < 1.29 is 19.1 Å². The van der Waals surface area contributed by atoms with Gasteiger partial charge in [-0.05, 0) is 56.2 Å². The van der Waals surface area contributed by atoms with Crippen LogP contribution in [0.5, 0.6) is 5.75 Å². The summed E-state index contributed by atoms with van der Waals surface area (Å²) >= 11 is 0. The molecule has 1 aromatic carbocycles. The van der Waals surface area contributed by atoms with E-state index in [0.29, 0.717) is 36.6 Å². The van der Waals surface area contributed by atoms with Crippen LogP contribution in [0.1, 0.15) is 69.7 Å². The monoisotopic (exact) mass is 473 g/mol. The summed E-state index contributed by atoms with van der Waals surface area (Å²) in [6.07, 6.45) is 6.42. The first-order valence-electron chi connectivity index (χ1n) is 12.9. The highest BCUT2D eigenvalue weighted by Crippen LogP contribution is 2.29. The predicted molar refractivity (Wildman–Crippen MR) is 135 cm³/mol. The molecule has 0 saturated heterocycles. The Morgan fingerprint density at radius 3 is 2.62 bits per heavy atom. The molecule has 1 N–H and O–H groups in total. The fraction of sp³-hybridized carbons (Fsp3) is 0.704. The summed E-state index contributed by atoms with van der Waals surface area (Å²) in [7, 11) is 3.53. The van der Waals surface area contributed by atoms with E-state index in [1.165, 1.54) is 25.7 Å². The second-order valence-electron chi connectivity index (χ2n) is 10.2. The molecule has 0 aromatic heterocycles. The molecule has 7 nitrogen and oxygen atoms in total. The minimum atomic E-state index is -0.133. The molecule has 1 aliphatic carbocycles. The van der Waals surface area contributed by atoms with Crippen LogP contribution < -0.4 is 10.1 Å². The zero-order valence-electron chi connectivity index (χ0n) is 21.6. The Hall–Kier alpha value is -2.12. The van der Waals surface area contributed by atoms with Crippen molar-refractivity contribution >= 4 is 17.5 Å². The number of hydrogen-bond acceptors (Lipinski definition) is 5. The Morgan fingerprint density at radius 1 is 1.21 bits per heavy atom. The standard InChI is InChI=1S/C27H43N3O4/c1-6-9-26(31)28-22-12-13-24-23(14-22)27(32)29(4)17-25(33-5)19(2)15-30(20(3)18-34-24)16-21-10-7-8-11-21/h12-14,19-21,25H,6-11,15-18H2,1-5H3,(H,28,31)/t19-,20+,25-/m0/s1. The van der Waals surface area contributed by atoms with E-state index in [1.54, 1.807) is 31.2 Å². The van der Waals surface area contributed by atoms with Crippen LogP contribution in [-0.2, 0) is 9.53 Å². The first-order chi connectivity index (χ1) is 16.3. The maximum absolute atomic E-state index is 13.4. The smallest absolute Gasteiger partial charge is 0.257 e. The van der Waals surface area contributed by atoms with Crippen LogP contribution in [0.2, 0.25) is 0 Å². The molecule has 0 radical (unpaired) electrons. The number of rotatable bonds is 6. The molecule has 190 valence electrons. The fourth-order valence-corrected chi connectivity index (χ4v) is 5.16. The third kappa shape index (κ3) is 6.95. The lowest BCUT2D eigenvalue weighted by atomic mass is 9.99. The van der Waals surface area contributed by atoms with Crippen LogP contribution >= 0.6 is 0 Å². The van der Waals surface area contributed by atoms with Crippen molar-refractivity contribution in [2.45, 2.75) is 71.4 Å². The van der Waals surface area contributed by atoms with E-state index in [9.17, 15) is 9.59 Å². The number of fused-ring (bicyclic) bond motifs is 1. The number of methoxy groups -OCH3 is 1. The van der Waals surface area contributed by atoms with E-state index in [-0.39, 0.29) is 29.9 Å². The molecule has 1 aliphatic heterocycles. The predicted octanol–water partition coefficient (Wildman–Crippen LogP) is 4.42. The summed E-state index contributed by atoms with van der Waals surface area (Å²) in [5, 5.41) is 2.90. The van der Waals surface area contributed by atoms with Gasteiger partial charge in [0.05, 0.1) is 11.7 Å². The molecule has 34 heavy (non-hydrogen) atoms. The van der Waals surface area contributed by atoms with E-state index in [1.807, 2.05) is 13.0 Å². The molecule has 1 heterocycles. The third-order valence-corrected chi connectivity index (χ3v) is 7.30. The van der Waals surface area contributed by atoms with E-state index in [0.717, 1.165) is 25.4 Å². The van der Waals surface area contributed by atoms with Crippen molar-refractivity contribution in [2.75, 3.05) is 45.7 Å². The summed E-state index contributed by atoms with van der Waals surface area (Å²) in [6, 6.07) is 5.56. The topological polar surface area (TPSA) is 71.1 Å². The van der Waals surface area contributed by atoms with Crippen molar-refractivity contribution in [3.63, 3.8) is 0 Å². The largest absolute Gasteiger partial charge is 0.491 e. The van der Waals surface area contributed by atoms with Crippen LogP contribution in [0.3, 0.4) is 0 Å². The quantitative estimate of drug-likeness (QED) is 0.662. The van der Waals surface area contributed by atoms with Crippen LogP contribution in [0.4, 0.5) is 5.69 Å². The van der Waals surface area contributed by atoms with E-state index in [4.69, 9.17) is 9.47 Å². The van der Waals surface area contributed by atoms with Gasteiger partial charge in [-0.25, -0.2) is 0 Å². The normalized spacial score (nSPS) is 25.3. The van der Waals surface area contributed by atoms with Gasteiger partial charge >= 0.3 is 0 Å². The molecular formula is C27H43N3O4. The van der Waals surface area contributed by atoms with Gasteiger partial charge in [-0.3, -0.25) is 14.5 Å². The minimum absolute atomic E-state index is 0.0539. The molecule has 2 aliphatic rings. The van der Waals surface area contributed by atoms with Gasteiger partial charge in [0.25, 0.3) is 5.91 Å². The number of amides is 2. The van der Waals surface area contributed by atoms with Crippen molar-refractivity contribution in [2.24, 2.45) is 11.8 Å². The number of anilines is 1. The Balaban J connectivity index is 1.88. The highest BCUT2D eigenvalue weighted by atomic mass is 16.5. The summed E-state index contributed by atoms with van der Waals surface area (Å²) in [5.74, 6) is 1.38. The summed E-state index contributed by atoms with van der Waals surface area (Å²) in [5.41, 5.74) is 1.08. The van der Waals surface area contributed by atoms with Gasteiger partial charge in [0.1, 0.15) is 12.4 Å². The summed E-state index contributed by atoms with van der Waals surface area (Å²) < 4.78 is 12.1. The molecule has 1 aromatic rings. The fourth-order valence-electron chi connectivity index (χ4n) is 5.16. The molecule has 0 spiro atoms. The molecule has 3 atom stereocenters. The molecule has 1 fully saturated rings. The first-order valence-corrected chi connectivity index (χ1v) is 12.9. The Morgan fingerprint density at radius 2 is 1.94 bits per heavy atom. The average Bonchev–Trinajstić information content (AvgIpc) is 3.33. The molecule has 1 saturated carbocycles. The van der Waals surface area contributed by atoms with Gasteiger partial charge in [0.2, 0.25) is 5.91 Å². The van der Waals surface area contributed by atoms with E-state index < -0.39 is 0 Å². The average molecular weight is 474 g/mol. The Labute approximate surface area is 205 Å². The number of hydrogen-bond donors (Lipinski definition) is 1. The number of nitrogens with one attached hydrogen (secondary N) is 1. The number of likely N-dealkylation sites (N-methyl/N-ethyl adjacent to an activating group) is 1. The van der Waals surface area contributed by atoms with Gasteiger partial charge in [0.15, 0.2) is 0 Å². The second kappa shape index (κ2) is 12.5. The molecular weight excluding hydrogens is 430 g/mol. The van der Waals surface area contributed by atoms with Crippen molar-refractivity contribution in [3.8, 4) is 5.75 Å². The summed E-state index contributed by atoms with van der Waals surface area (Å²) in [4.78, 5) is 29.8. The Bertz CT molecular complexity index is 824. The zero-order valence-corrected chi connectivity index (χ0v) is 21.6. The maximum atomic E-state index is 13.4. The highest BCUT2D eigenvalue weighted by molar-refractivity contribution is 5.99. The maximum Gasteiger partial charge on any atom is 0.257 e. The van der Waals surface area contributed by atoms with Gasteiger partial charge in [-0.1, -0.05) is 26.7 Å². The number of ether oxygens (including phenoxy) is 2. The highest BCUT2D eigenvalue weighted by Gasteiger charge is 2.30. The number of carbonyl (C=O) groups excluding carboxylic acids is 2. The lowest BCUT2D eigenvalue weighted by Gasteiger charge is -2.37. The zero-order chi connectivity index (χ0) is 24.7. The molecule has 0 unspecified atom stereocenters. The second-order valence-corrected chi connectivity index (χ2v) is 10.2. The van der Waals surface area contributed by atoms with E-state index >= 15 is 0 Å². The third-order valence-electron chi connectivity index (χ3n) is 7.30. The SMILES string of the molecule is CCCC(=O)Nc1ccc2c(c1)C(=O)N(C)C[C@H](OC)[C@@H](C)CN(CC1CCCC1)[C@H](C)CO2. The lowest BCUT2D eigenvalue weighted by Crippen LogP contribution is -2.47.